The van der Waals surface area contributed by atoms with E-state index in [2.05, 4.69) is 159 Å². The van der Waals surface area contributed by atoms with Gasteiger partial charge in [0, 0.05) is 50.7 Å². The molecule has 0 spiro atoms. The molecule has 0 radical (unpaired) electrons. The third-order valence-corrected chi connectivity index (χ3v) is 12.3. The molecule has 5 heterocycles. The van der Waals surface area contributed by atoms with Gasteiger partial charge in [-0.2, -0.15) is 0 Å². The van der Waals surface area contributed by atoms with Crippen molar-refractivity contribution in [2.45, 2.75) is 38.5 Å². The van der Waals surface area contributed by atoms with Gasteiger partial charge in [0.2, 0.25) is 0 Å². The summed E-state index contributed by atoms with van der Waals surface area (Å²) in [5, 5.41) is 2.65. The topological polar surface area (TPSA) is 43.6 Å². The fraction of sp³-hybridized carbons (Fsp3) is 0.118. The molecule has 4 nitrogen and oxygen atoms in total. The molecule has 9 aromatic rings. The number of fused-ring (bicyclic) bond motifs is 1. The van der Waals surface area contributed by atoms with Gasteiger partial charge in [-0.1, -0.05) is 149 Å². The van der Waals surface area contributed by atoms with E-state index in [1.54, 1.807) is 6.20 Å². The zero-order valence-electron chi connectivity index (χ0n) is 31.3. The van der Waals surface area contributed by atoms with Crippen LogP contribution in [0.25, 0.3) is 83.6 Å². The van der Waals surface area contributed by atoms with Crippen molar-refractivity contribution in [3.05, 3.63) is 180 Å². The Kier molecular flexibility index (Phi) is 6.61. The van der Waals surface area contributed by atoms with E-state index in [0.29, 0.717) is 5.82 Å². The van der Waals surface area contributed by atoms with Gasteiger partial charge < -0.3 is 4.57 Å². The van der Waals surface area contributed by atoms with Crippen molar-refractivity contribution in [3.63, 3.8) is 0 Å². The molecule has 6 aromatic carbocycles. The Bertz CT molecular complexity index is 2990. The summed E-state index contributed by atoms with van der Waals surface area (Å²) in [6.45, 7) is 9.57. The molecule has 0 saturated carbocycles. The highest BCUT2D eigenvalue weighted by atomic mass is 15.0. The lowest BCUT2D eigenvalue weighted by Gasteiger charge is -2.42. The molecule has 4 heteroatoms. The van der Waals surface area contributed by atoms with Crippen molar-refractivity contribution in [2.24, 2.45) is 0 Å². The van der Waals surface area contributed by atoms with Crippen LogP contribution in [0.4, 0.5) is 0 Å². The second-order valence-corrected chi connectivity index (χ2v) is 16.1. The Morgan fingerprint density at radius 3 is 1.64 bits per heavy atom. The molecule has 55 heavy (non-hydrogen) atoms. The molecule has 0 atom stereocenters. The highest BCUT2D eigenvalue weighted by Gasteiger charge is 2.43. The molecule has 262 valence electrons. The molecule has 2 aliphatic heterocycles. The van der Waals surface area contributed by atoms with Crippen LogP contribution in [0.1, 0.15) is 49.9 Å². The number of nitrogens with zero attached hydrogens (tertiary/aromatic N) is 4. The number of rotatable bonds is 5. The third-order valence-electron chi connectivity index (χ3n) is 12.3. The van der Waals surface area contributed by atoms with Crippen LogP contribution in [0.2, 0.25) is 0 Å². The second-order valence-electron chi connectivity index (χ2n) is 16.1. The van der Waals surface area contributed by atoms with Crippen LogP contribution in [-0.2, 0) is 10.8 Å². The fourth-order valence-corrected chi connectivity index (χ4v) is 9.31. The molecule has 11 rings (SSSR count). The molecule has 0 fully saturated rings. The zero-order valence-corrected chi connectivity index (χ0v) is 31.3. The monoisotopic (exact) mass is 706 g/mol. The van der Waals surface area contributed by atoms with Crippen LogP contribution in [0.15, 0.2) is 158 Å². The van der Waals surface area contributed by atoms with E-state index in [1.807, 2.05) is 30.5 Å². The standard InChI is InChI=1S/C51H38N4/c1-50(2)40-15-8-14-38-39-27-37(28-43-47(39)55(46(38)40)48-41(50)16-9-17-42(48)51(43,3)4)32-20-24-34(25-21-32)45-29-44(53-49(54-45)35-11-6-5-7-12-35)33-22-18-31(19-23-33)36-13-10-26-52-30-36/h5-30H,1-4H3. The molecule has 0 aliphatic carbocycles. The van der Waals surface area contributed by atoms with Crippen LogP contribution < -0.4 is 0 Å². The Morgan fingerprint density at radius 2 is 0.982 bits per heavy atom. The van der Waals surface area contributed by atoms with E-state index < -0.39 is 0 Å². The summed E-state index contributed by atoms with van der Waals surface area (Å²) in [7, 11) is 0. The first-order valence-corrected chi connectivity index (χ1v) is 19.1. The van der Waals surface area contributed by atoms with Gasteiger partial charge in [0.15, 0.2) is 5.82 Å². The Hall–Kier alpha value is -6.65. The summed E-state index contributed by atoms with van der Waals surface area (Å²) in [6.07, 6.45) is 3.69. The predicted molar refractivity (Wildman–Crippen MR) is 226 cm³/mol. The molecular formula is C51H38N4. The summed E-state index contributed by atoms with van der Waals surface area (Å²) < 4.78 is 2.59. The van der Waals surface area contributed by atoms with Crippen molar-refractivity contribution in [1.29, 1.82) is 0 Å². The van der Waals surface area contributed by atoms with E-state index in [9.17, 15) is 0 Å². The van der Waals surface area contributed by atoms with Crippen LogP contribution in [0.5, 0.6) is 0 Å². The van der Waals surface area contributed by atoms with Gasteiger partial charge >= 0.3 is 0 Å². The van der Waals surface area contributed by atoms with Crippen LogP contribution >= 0.6 is 0 Å². The van der Waals surface area contributed by atoms with Gasteiger partial charge in [-0.3, -0.25) is 4.98 Å². The van der Waals surface area contributed by atoms with E-state index in [4.69, 9.17) is 9.97 Å². The van der Waals surface area contributed by atoms with Gasteiger partial charge in [-0.15, -0.1) is 0 Å². The van der Waals surface area contributed by atoms with Gasteiger partial charge in [-0.25, -0.2) is 9.97 Å². The average molecular weight is 707 g/mol. The van der Waals surface area contributed by atoms with Crippen molar-refractivity contribution >= 4 is 21.8 Å². The van der Waals surface area contributed by atoms with Gasteiger partial charge in [0.1, 0.15) is 0 Å². The van der Waals surface area contributed by atoms with Gasteiger partial charge in [0.25, 0.3) is 0 Å². The quantitative estimate of drug-likeness (QED) is 0.179. The predicted octanol–water partition coefficient (Wildman–Crippen LogP) is 12.6. The van der Waals surface area contributed by atoms with Crippen molar-refractivity contribution in [1.82, 2.24) is 19.5 Å². The van der Waals surface area contributed by atoms with Crippen molar-refractivity contribution in [3.8, 4) is 61.8 Å². The molecule has 0 amide bonds. The number of aromatic nitrogens is 4. The largest absolute Gasteiger partial charge is 0.308 e. The van der Waals surface area contributed by atoms with Gasteiger partial charge in [0.05, 0.1) is 28.1 Å². The lowest BCUT2D eigenvalue weighted by Crippen LogP contribution is -2.33. The maximum absolute atomic E-state index is 5.12. The van der Waals surface area contributed by atoms with Crippen LogP contribution in [0, 0.1) is 0 Å². The first kappa shape index (κ1) is 31.8. The summed E-state index contributed by atoms with van der Waals surface area (Å²) in [5.41, 5.74) is 18.9. The summed E-state index contributed by atoms with van der Waals surface area (Å²) in [6, 6.07) is 52.6. The summed E-state index contributed by atoms with van der Waals surface area (Å²) in [4.78, 5) is 14.5. The fourth-order valence-electron chi connectivity index (χ4n) is 9.31. The highest BCUT2D eigenvalue weighted by molar-refractivity contribution is 6.15. The number of hydrogen-bond donors (Lipinski definition) is 0. The minimum absolute atomic E-state index is 0.0912. The zero-order chi connectivity index (χ0) is 37.1. The second kappa shape index (κ2) is 11.4. The highest BCUT2D eigenvalue weighted by Crippen LogP contribution is 2.55. The Morgan fingerprint density at radius 1 is 0.418 bits per heavy atom. The smallest absolute Gasteiger partial charge is 0.160 e. The lowest BCUT2D eigenvalue weighted by atomic mass is 9.68. The Labute approximate surface area is 320 Å². The minimum Gasteiger partial charge on any atom is -0.308 e. The maximum Gasteiger partial charge on any atom is 0.160 e. The van der Waals surface area contributed by atoms with Gasteiger partial charge in [-0.05, 0) is 68.8 Å². The minimum atomic E-state index is -0.168. The number of pyridine rings is 1. The molecular weight excluding hydrogens is 669 g/mol. The number of para-hydroxylation sites is 2. The average Bonchev–Trinajstić information content (AvgIpc) is 3.57. The normalized spacial score (nSPS) is 14.5. The van der Waals surface area contributed by atoms with E-state index >= 15 is 0 Å². The third kappa shape index (κ3) is 4.61. The SMILES string of the molecule is CC1(C)c2cccc3c2-n2c4c1cccc4c1cc(-c4ccc(-c5cc(-c6ccc(-c7cccnc7)cc6)nc(-c6ccccc6)n5)cc4)cc(c12)C3(C)C. The van der Waals surface area contributed by atoms with E-state index in [0.717, 1.165) is 39.2 Å². The molecule has 0 unspecified atom stereocenters. The van der Waals surface area contributed by atoms with Crippen LogP contribution in [-0.4, -0.2) is 19.5 Å². The number of hydrogen-bond acceptors (Lipinski definition) is 3. The van der Waals surface area contributed by atoms with E-state index in [-0.39, 0.29) is 10.8 Å². The molecule has 0 N–H and O–H groups in total. The molecule has 2 aliphatic rings. The maximum atomic E-state index is 5.12. The first-order chi connectivity index (χ1) is 26.8. The van der Waals surface area contributed by atoms with Crippen molar-refractivity contribution in [2.75, 3.05) is 0 Å². The first-order valence-electron chi connectivity index (χ1n) is 19.1. The van der Waals surface area contributed by atoms with Crippen LogP contribution in [0.3, 0.4) is 0 Å². The Balaban J connectivity index is 1.04. The molecule has 3 aromatic heterocycles. The summed E-state index contributed by atoms with van der Waals surface area (Å²) in [5.74, 6) is 0.708. The van der Waals surface area contributed by atoms with E-state index in [1.165, 1.54) is 60.9 Å². The van der Waals surface area contributed by atoms with Crippen molar-refractivity contribution < 1.29 is 0 Å². The lowest BCUT2D eigenvalue weighted by molar-refractivity contribution is 0.594. The molecule has 0 bridgehead atoms. The molecule has 0 saturated heterocycles. The number of benzene rings is 6. The summed E-state index contributed by atoms with van der Waals surface area (Å²) >= 11 is 0.